The van der Waals surface area contributed by atoms with Crippen molar-refractivity contribution in [3.05, 3.63) is 108 Å². The van der Waals surface area contributed by atoms with Gasteiger partial charge in [0.05, 0.1) is 11.4 Å². The maximum Gasteiger partial charge on any atom is 0.0630 e. The summed E-state index contributed by atoms with van der Waals surface area (Å²) in [6, 6.07) is 33.3. The number of benzene rings is 4. The number of hydrogen-bond acceptors (Lipinski definition) is 5. The summed E-state index contributed by atoms with van der Waals surface area (Å²) in [5, 5.41) is 0. The lowest BCUT2D eigenvalue weighted by Crippen LogP contribution is -2.08. The van der Waals surface area contributed by atoms with Crippen LogP contribution in [-0.2, 0) is 0 Å². The fourth-order valence-electron chi connectivity index (χ4n) is 3.35. The molecule has 0 fully saturated rings. The van der Waals surface area contributed by atoms with Crippen LogP contribution in [-0.4, -0.2) is 40.6 Å². The van der Waals surface area contributed by atoms with Crippen LogP contribution in [0.2, 0.25) is 0 Å². The molecule has 5 heteroatoms. The Morgan fingerprint density at radius 2 is 0.829 bits per heavy atom. The SMILES string of the molecule is CN(C)c1ccc(C=Nc2ccc(Sc3ccc(N=Cc4ccc(N(C)C)cc4)cc3)cc2)cc1. The maximum absolute atomic E-state index is 4.60. The monoisotopic (exact) mass is 478 g/mol. The van der Waals surface area contributed by atoms with Crippen molar-refractivity contribution in [3.8, 4) is 0 Å². The molecule has 4 rings (SSSR count). The van der Waals surface area contributed by atoms with E-state index in [-0.39, 0.29) is 0 Å². The summed E-state index contributed by atoms with van der Waals surface area (Å²) in [4.78, 5) is 15.7. The minimum atomic E-state index is 0.939. The summed E-state index contributed by atoms with van der Waals surface area (Å²) in [6.07, 6.45) is 3.80. The Labute approximate surface area is 212 Å². The molecule has 0 radical (unpaired) electrons. The molecule has 0 saturated heterocycles. The molecule has 0 heterocycles. The Kier molecular flexibility index (Phi) is 8.01. The third-order valence-electron chi connectivity index (χ3n) is 5.45. The minimum Gasteiger partial charge on any atom is -0.378 e. The van der Waals surface area contributed by atoms with E-state index in [9.17, 15) is 0 Å². The zero-order chi connectivity index (χ0) is 24.6. The molecule has 0 aliphatic carbocycles. The predicted molar refractivity (Wildman–Crippen MR) is 153 cm³/mol. The van der Waals surface area contributed by atoms with Gasteiger partial charge >= 0.3 is 0 Å². The van der Waals surface area contributed by atoms with Gasteiger partial charge in [0.2, 0.25) is 0 Å². The van der Waals surface area contributed by atoms with Crippen LogP contribution in [0.25, 0.3) is 0 Å². The van der Waals surface area contributed by atoms with Crippen LogP contribution in [0.4, 0.5) is 22.7 Å². The van der Waals surface area contributed by atoms with Crippen LogP contribution >= 0.6 is 11.8 Å². The molecule has 0 aliphatic rings. The van der Waals surface area contributed by atoms with Gasteiger partial charge in [0.1, 0.15) is 0 Å². The van der Waals surface area contributed by atoms with E-state index in [1.807, 2.05) is 64.9 Å². The molecule has 0 saturated carbocycles. The standard InChI is InChI=1S/C30H30N4S/c1-33(2)27-13-5-23(6-14-27)21-31-25-9-17-29(18-10-25)35-30-19-11-26(12-20-30)32-22-24-7-15-28(16-8-24)34(3)4/h5-22H,1-4H3. The van der Waals surface area contributed by atoms with Gasteiger partial charge in [-0.25, -0.2) is 0 Å². The largest absolute Gasteiger partial charge is 0.378 e. The van der Waals surface area contributed by atoms with Gasteiger partial charge < -0.3 is 9.80 Å². The molecule has 176 valence electrons. The van der Waals surface area contributed by atoms with E-state index in [0.717, 1.165) is 22.5 Å². The number of hydrogen-bond donors (Lipinski definition) is 0. The van der Waals surface area contributed by atoms with Crippen molar-refractivity contribution < 1.29 is 0 Å². The van der Waals surface area contributed by atoms with E-state index >= 15 is 0 Å². The van der Waals surface area contributed by atoms with Gasteiger partial charge in [-0.05, 0) is 83.9 Å². The third kappa shape index (κ3) is 7.08. The average Bonchev–Trinajstić information content (AvgIpc) is 2.88. The molecule has 0 aliphatic heterocycles. The third-order valence-corrected chi connectivity index (χ3v) is 6.47. The Bertz CT molecular complexity index is 1170. The molecular weight excluding hydrogens is 448 g/mol. The highest BCUT2D eigenvalue weighted by Gasteiger charge is 2.00. The summed E-state index contributed by atoms with van der Waals surface area (Å²) in [7, 11) is 8.16. The molecule has 0 N–H and O–H groups in total. The quantitative estimate of drug-likeness (QED) is 0.246. The van der Waals surface area contributed by atoms with Crippen LogP contribution in [0.1, 0.15) is 11.1 Å². The molecular formula is C30H30N4S. The highest BCUT2D eigenvalue weighted by Crippen LogP contribution is 2.30. The lowest BCUT2D eigenvalue weighted by Gasteiger charge is -2.11. The summed E-state index contributed by atoms with van der Waals surface area (Å²) in [5.41, 5.74) is 6.41. The first-order chi connectivity index (χ1) is 17.0. The van der Waals surface area contributed by atoms with E-state index in [2.05, 4.69) is 92.6 Å². The van der Waals surface area contributed by atoms with Crippen molar-refractivity contribution >= 4 is 46.9 Å². The molecule has 0 spiro atoms. The molecule has 0 bridgehead atoms. The van der Waals surface area contributed by atoms with Crippen molar-refractivity contribution in [1.82, 2.24) is 0 Å². The number of rotatable bonds is 8. The summed E-state index contributed by atoms with van der Waals surface area (Å²) in [5.74, 6) is 0. The first-order valence-corrected chi connectivity index (χ1v) is 12.3. The smallest absolute Gasteiger partial charge is 0.0630 e. The van der Waals surface area contributed by atoms with E-state index in [4.69, 9.17) is 0 Å². The maximum atomic E-state index is 4.60. The van der Waals surface area contributed by atoms with Gasteiger partial charge in [0, 0.05) is 61.8 Å². The molecule has 0 atom stereocenters. The zero-order valence-corrected chi connectivity index (χ0v) is 21.4. The van der Waals surface area contributed by atoms with Crippen molar-refractivity contribution in [2.75, 3.05) is 38.0 Å². The molecule has 0 amide bonds. The van der Waals surface area contributed by atoms with Crippen LogP contribution in [0.5, 0.6) is 0 Å². The summed E-state index contributed by atoms with van der Waals surface area (Å²) in [6.45, 7) is 0. The van der Waals surface area contributed by atoms with E-state index in [0.29, 0.717) is 0 Å². The summed E-state index contributed by atoms with van der Waals surface area (Å²) >= 11 is 1.73. The van der Waals surface area contributed by atoms with E-state index in [1.165, 1.54) is 21.2 Å². The fraction of sp³-hybridized carbons (Fsp3) is 0.133. The van der Waals surface area contributed by atoms with Gasteiger partial charge in [-0.1, -0.05) is 36.0 Å². The van der Waals surface area contributed by atoms with Crippen LogP contribution in [0.15, 0.2) is 117 Å². The van der Waals surface area contributed by atoms with Crippen LogP contribution in [0.3, 0.4) is 0 Å². The highest BCUT2D eigenvalue weighted by molar-refractivity contribution is 7.99. The van der Waals surface area contributed by atoms with Gasteiger partial charge in [0.15, 0.2) is 0 Å². The number of anilines is 2. The van der Waals surface area contributed by atoms with Gasteiger partial charge in [-0.2, -0.15) is 0 Å². The molecule has 4 aromatic rings. The van der Waals surface area contributed by atoms with E-state index in [1.54, 1.807) is 11.8 Å². The Morgan fingerprint density at radius 3 is 1.14 bits per heavy atom. The van der Waals surface area contributed by atoms with Crippen LogP contribution in [0, 0.1) is 0 Å². The lowest BCUT2D eigenvalue weighted by atomic mass is 10.2. The number of nitrogens with zero attached hydrogens (tertiary/aromatic N) is 4. The predicted octanol–water partition coefficient (Wildman–Crippen LogP) is 7.47. The lowest BCUT2D eigenvalue weighted by molar-refractivity contribution is 1.13. The Balaban J connectivity index is 1.33. The number of aliphatic imine (C=N–C) groups is 2. The topological polar surface area (TPSA) is 31.2 Å². The van der Waals surface area contributed by atoms with Crippen molar-refractivity contribution in [2.24, 2.45) is 9.98 Å². The van der Waals surface area contributed by atoms with Gasteiger partial charge in [-0.3, -0.25) is 9.98 Å². The first-order valence-electron chi connectivity index (χ1n) is 11.5. The Hall–Kier alpha value is -3.83. The van der Waals surface area contributed by atoms with Crippen LogP contribution < -0.4 is 9.80 Å². The summed E-state index contributed by atoms with van der Waals surface area (Å²) < 4.78 is 0. The second-order valence-electron chi connectivity index (χ2n) is 8.58. The van der Waals surface area contributed by atoms with E-state index < -0.39 is 0 Å². The normalized spacial score (nSPS) is 11.3. The average molecular weight is 479 g/mol. The molecule has 0 aromatic heterocycles. The van der Waals surface area contributed by atoms with Crippen molar-refractivity contribution in [1.29, 1.82) is 0 Å². The Morgan fingerprint density at radius 1 is 0.486 bits per heavy atom. The van der Waals surface area contributed by atoms with Gasteiger partial charge in [-0.15, -0.1) is 0 Å². The zero-order valence-electron chi connectivity index (χ0n) is 20.6. The van der Waals surface area contributed by atoms with Gasteiger partial charge in [0.25, 0.3) is 0 Å². The fourth-order valence-corrected chi connectivity index (χ4v) is 4.17. The molecule has 0 unspecified atom stereocenters. The highest BCUT2D eigenvalue weighted by atomic mass is 32.2. The van der Waals surface area contributed by atoms with Crippen molar-refractivity contribution in [3.63, 3.8) is 0 Å². The first kappa shape index (κ1) is 24.3. The second-order valence-corrected chi connectivity index (χ2v) is 9.73. The second kappa shape index (κ2) is 11.5. The molecule has 35 heavy (non-hydrogen) atoms. The van der Waals surface area contributed by atoms with Crippen molar-refractivity contribution in [2.45, 2.75) is 9.79 Å². The minimum absolute atomic E-state index is 0.939. The molecule has 4 nitrogen and oxygen atoms in total. The molecule has 4 aromatic carbocycles.